The number of alkyl halides is 1. The molecule has 3 aliphatic heterocycles. The molecule has 68 heavy (non-hydrogen) atoms. The molecule has 0 radical (unpaired) electrons. The van der Waals surface area contributed by atoms with Crippen molar-refractivity contribution >= 4 is 81.1 Å². The van der Waals surface area contributed by atoms with E-state index in [9.17, 15) is 24.1 Å². The molecule has 15 nitrogen and oxygen atoms in total. The average molecular weight is 1010 g/mol. The highest BCUT2D eigenvalue weighted by atomic mass is 35.5. The number of aliphatic hydroxyl groups excluding tert-OH is 1. The summed E-state index contributed by atoms with van der Waals surface area (Å²) in [6.45, 7) is 13.7. The van der Waals surface area contributed by atoms with E-state index in [1.54, 1.807) is 75.7 Å². The third-order valence-electron chi connectivity index (χ3n) is 11.4. The number of carbonyl (C=O) groups excluding carboxylic acids is 3. The summed E-state index contributed by atoms with van der Waals surface area (Å²) in [6, 6.07) is 17.5. The molecule has 0 saturated carbocycles. The van der Waals surface area contributed by atoms with Crippen molar-refractivity contribution in [3.63, 3.8) is 0 Å². The summed E-state index contributed by atoms with van der Waals surface area (Å²) in [6.07, 6.45) is 2.80. The average Bonchev–Trinajstić information content (AvgIpc) is 3.92. The molecule has 3 aliphatic rings. The largest absolute Gasteiger partial charge is 0.531 e. The Hall–Kier alpha value is -4.22. The minimum absolute atomic E-state index is 0.0551. The normalized spacial score (nSPS) is 18.8. The number of pyridine rings is 1. The summed E-state index contributed by atoms with van der Waals surface area (Å²) < 4.78 is 50.2. The van der Waals surface area contributed by atoms with Crippen LogP contribution in [0.5, 0.6) is 17.2 Å². The fourth-order valence-electron chi connectivity index (χ4n) is 8.61. The van der Waals surface area contributed by atoms with Gasteiger partial charge in [0.2, 0.25) is 5.91 Å². The fraction of sp³-hybridized carbons (Fsp3) is 0.510. The van der Waals surface area contributed by atoms with Crippen LogP contribution in [0.15, 0.2) is 71.9 Å². The molecule has 368 valence electrons. The second kappa shape index (κ2) is 21.8. The molecule has 7 rings (SSSR count). The Labute approximate surface area is 411 Å². The molecule has 3 amide bonds. The molecule has 1 N–H and O–H groups in total. The number of benzene rings is 3. The van der Waals surface area contributed by atoms with E-state index in [-0.39, 0.29) is 65.4 Å². The number of amides is 3. The molecule has 4 aromatic rings. The number of aromatic nitrogens is 1. The van der Waals surface area contributed by atoms with Gasteiger partial charge >= 0.3 is 13.9 Å². The number of phosphoric ester groups is 1. The second-order valence-electron chi connectivity index (χ2n) is 19.1. The van der Waals surface area contributed by atoms with Crippen molar-refractivity contribution in [1.29, 1.82) is 0 Å². The zero-order chi connectivity index (χ0) is 49.0. The van der Waals surface area contributed by atoms with Gasteiger partial charge in [0.25, 0.3) is 5.91 Å². The first kappa shape index (κ1) is 51.6. The molecule has 1 aromatic heterocycles. The first-order valence-electron chi connectivity index (χ1n) is 23.0. The van der Waals surface area contributed by atoms with Crippen molar-refractivity contribution in [3.8, 4) is 17.2 Å². The van der Waals surface area contributed by atoms with Gasteiger partial charge in [-0.25, -0.2) is 19.2 Å². The van der Waals surface area contributed by atoms with Crippen LogP contribution in [0.25, 0.3) is 10.8 Å². The van der Waals surface area contributed by atoms with Gasteiger partial charge in [0.1, 0.15) is 17.4 Å². The first-order valence-corrected chi connectivity index (χ1v) is 27.2. The highest BCUT2D eigenvalue weighted by Gasteiger charge is 2.46. The predicted octanol–water partition coefficient (Wildman–Crippen LogP) is 11.4. The van der Waals surface area contributed by atoms with E-state index in [2.05, 4.69) is 4.98 Å². The maximum Gasteiger partial charge on any atom is 0.531 e. The van der Waals surface area contributed by atoms with Gasteiger partial charge in [0.05, 0.1) is 47.9 Å². The van der Waals surface area contributed by atoms with Crippen LogP contribution in [0.3, 0.4) is 0 Å². The lowest BCUT2D eigenvalue weighted by molar-refractivity contribution is -0.118. The molecule has 3 aromatic carbocycles. The number of carbonyl (C=O) groups is 3. The number of phosphoric acid groups is 1. The van der Waals surface area contributed by atoms with Crippen molar-refractivity contribution in [2.24, 2.45) is 0 Å². The number of anilines is 2. The fourth-order valence-corrected chi connectivity index (χ4v) is 12.6. The van der Waals surface area contributed by atoms with Crippen LogP contribution in [0, 0.1) is 0 Å². The van der Waals surface area contributed by atoms with Crippen LogP contribution in [0.4, 0.5) is 16.2 Å². The van der Waals surface area contributed by atoms with Gasteiger partial charge in [-0.15, -0.1) is 11.6 Å². The monoisotopic (exact) mass is 1010 g/mol. The Bertz CT molecular complexity index is 2490. The minimum Gasteiger partial charge on any atom is -0.493 e. The van der Waals surface area contributed by atoms with Crippen molar-refractivity contribution in [2.75, 3.05) is 49.1 Å². The summed E-state index contributed by atoms with van der Waals surface area (Å²) in [5, 5.41) is 14.0. The molecule has 1 saturated heterocycles. The number of fused-ring (bicyclic) bond motifs is 5. The maximum atomic E-state index is 14.3. The first-order chi connectivity index (χ1) is 32.3. The maximum absolute atomic E-state index is 14.3. The number of unbranched alkanes of at least 4 members (excludes halogenated alkanes) is 2. The number of hydrogen-bond acceptors (Lipinski definition) is 14. The van der Waals surface area contributed by atoms with Crippen LogP contribution in [0.1, 0.15) is 109 Å². The van der Waals surface area contributed by atoms with E-state index in [1.165, 1.54) is 28.7 Å². The highest BCUT2D eigenvalue weighted by molar-refractivity contribution is 8.76. The number of methoxy groups -OCH3 is 1. The zero-order valence-electron chi connectivity index (χ0n) is 39.9. The van der Waals surface area contributed by atoms with E-state index in [1.807, 2.05) is 49.4 Å². The van der Waals surface area contributed by atoms with Crippen molar-refractivity contribution in [3.05, 3.63) is 78.0 Å². The number of hydrogen-bond donors (Lipinski definition) is 1. The summed E-state index contributed by atoms with van der Waals surface area (Å²) in [7, 11) is 0.279. The van der Waals surface area contributed by atoms with Crippen LogP contribution in [0.2, 0.25) is 0 Å². The third kappa shape index (κ3) is 12.2. The molecule has 19 heteroatoms. The molecule has 4 heterocycles. The van der Waals surface area contributed by atoms with Crippen molar-refractivity contribution in [1.82, 2.24) is 9.88 Å². The number of rotatable bonds is 18. The van der Waals surface area contributed by atoms with Crippen molar-refractivity contribution < 1.29 is 51.8 Å². The van der Waals surface area contributed by atoms with Gasteiger partial charge in [-0.3, -0.25) is 18.6 Å². The number of nitrogens with zero attached hydrogens (tertiary/aromatic N) is 4. The van der Waals surface area contributed by atoms with Gasteiger partial charge < -0.3 is 33.6 Å². The summed E-state index contributed by atoms with van der Waals surface area (Å²) in [5.41, 5.74) is 0.218. The van der Waals surface area contributed by atoms with Crippen LogP contribution in [-0.2, 0) is 23.1 Å². The smallest absolute Gasteiger partial charge is 0.493 e. The molecule has 0 bridgehead atoms. The quantitative estimate of drug-likeness (QED) is 0.0433. The lowest BCUT2D eigenvalue weighted by atomic mass is 9.95. The number of aliphatic hydroxyl groups is 1. The van der Waals surface area contributed by atoms with Gasteiger partial charge in [0, 0.05) is 60.3 Å². The van der Waals surface area contributed by atoms with Crippen molar-refractivity contribution in [2.45, 2.75) is 127 Å². The summed E-state index contributed by atoms with van der Waals surface area (Å²) >= 11 is 6.56. The van der Waals surface area contributed by atoms with Gasteiger partial charge in [-0.2, -0.15) is 0 Å². The van der Waals surface area contributed by atoms with Gasteiger partial charge in [-0.05, 0) is 121 Å². The van der Waals surface area contributed by atoms with E-state index in [4.69, 9.17) is 39.4 Å². The van der Waals surface area contributed by atoms with Gasteiger partial charge in [-0.1, -0.05) is 41.1 Å². The topological polar surface area (TPSA) is 166 Å². The molecular formula is C49H62ClN4O11PS2. The molecule has 0 spiro atoms. The standard InChI is InChI=1S/C49H62ClN4O11PS2/c1-31(67-68-42-20-13-14-22-51-42)30-62-47(58)54-37-26-41(40(60-8)25-35(37)45(56)52-23-16-19-36(52)46(54)57)61-24-15-9-10-21-43(55)53-29-32(28-50)44-34-18-12-11-17-33(34)39(27-38(44)53)63-66(59,64-48(2,3)4)65-49(5,6)7/h11-14,17-18,20,22,25-27,31-32,36,46,57H,9-10,15-16,19,21,23-24,28-30H2,1-8H3/t31?,32-,36+,46?/m1/s1. The third-order valence-corrected chi connectivity index (χ3v) is 16.5. The second-order valence-corrected chi connectivity index (χ2v) is 23.5. The van der Waals surface area contributed by atoms with E-state index >= 15 is 0 Å². The molecule has 0 aliphatic carbocycles. The Kier molecular flexibility index (Phi) is 16.6. The Balaban J connectivity index is 1.02. The summed E-state index contributed by atoms with van der Waals surface area (Å²) in [5.74, 6) is 0.596. The van der Waals surface area contributed by atoms with Crippen LogP contribution < -0.4 is 23.8 Å². The van der Waals surface area contributed by atoms with E-state index in [0.717, 1.165) is 20.9 Å². The molecule has 2 unspecified atom stereocenters. The van der Waals surface area contributed by atoms with Crippen LogP contribution >= 0.6 is 41.0 Å². The molecule has 1 fully saturated rings. The highest BCUT2D eigenvalue weighted by Crippen LogP contribution is 2.57. The summed E-state index contributed by atoms with van der Waals surface area (Å²) in [4.78, 5) is 50.8. The lowest BCUT2D eigenvalue weighted by Crippen LogP contribution is -2.51. The Morgan fingerprint density at radius 1 is 0.941 bits per heavy atom. The van der Waals surface area contributed by atoms with E-state index < -0.39 is 37.4 Å². The molecular weight excluding hydrogens is 951 g/mol. The van der Waals surface area contributed by atoms with Gasteiger partial charge in [0.15, 0.2) is 17.7 Å². The SMILES string of the molecule is COc1cc2c(cc1OCCCCCC(=O)N1C[C@@H](CCl)c3c1cc(OP(=O)(OC(C)(C)C)OC(C)(C)C)c1ccccc31)N(C(=O)OCC(C)SSc1ccccn1)C(O)[C@@H]1CCCN1C2=O. The number of halogens is 1. The number of ether oxygens (including phenoxy) is 3. The zero-order valence-corrected chi connectivity index (χ0v) is 43.2. The van der Waals surface area contributed by atoms with Crippen LogP contribution in [-0.4, -0.2) is 101 Å². The Morgan fingerprint density at radius 3 is 2.32 bits per heavy atom. The minimum atomic E-state index is -4.18. The van der Waals surface area contributed by atoms with E-state index in [0.29, 0.717) is 67.9 Å². The predicted molar refractivity (Wildman–Crippen MR) is 268 cm³/mol. The molecule has 4 atom stereocenters. The lowest BCUT2D eigenvalue weighted by Gasteiger charge is -2.32. The Morgan fingerprint density at radius 2 is 1.65 bits per heavy atom.